The summed E-state index contributed by atoms with van der Waals surface area (Å²) in [5.74, 6) is 1.12. The normalized spacial score (nSPS) is 24.1. The van der Waals surface area contributed by atoms with Gasteiger partial charge in [0, 0.05) is 12.1 Å². The topological polar surface area (TPSA) is 58.5 Å². The molecule has 0 unspecified atom stereocenters. The molecule has 2 aliphatic rings. The number of nitrogens with zero attached hydrogens (tertiary/aromatic N) is 1. The van der Waals surface area contributed by atoms with Crippen LogP contribution >= 0.6 is 0 Å². The summed E-state index contributed by atoms with van der Waals surface area (Å²) in [5.41, 5.74) is 0.707. The molecule has 1 fully saturated rings. The minimum Gasteiger partial charge on any atom is -0.267 e. The Morgan fingerprint density at radius 2 is 1.89 bits per heavy atom. The molecule has 1 N–H and O–H groups in total. The van der Waals surface area contributed by atoms with Crippen molar-refractivity contribution in [1.82, 2.24) is 4.72 Å². The van der Waals surface area contributed by atoms with E-state index in [0.717, 1.165) is 6.54 Å². The molecule has 1 saturated carbocycles. The summed E-state index contributed by atoms with van der Waals surface area (Å²) in [5, 5.41) is 0. The maximum atomic E-state index is 11.9. The van der Waals surface area contributed by atoms with E-state index in [9.17, 15) is 8.42 Å². The van der Waals surface area contributed by atoms with E-state index in [1.165, 1.54) is 32.1 Å². The van der Waals surface area contributed by atoms with Crippen molar-refractivity contribution in [3.63, 3.8) is 0 Å². The SMILES string of the molecule is O=S1(=O)NC(=NCC2CCCCC2)c2ccccc21. The molecule has 0 amide bonds. The van der Waals surface area contributed by atoms with Crippen molar-refractivity contribution >= 4 is 15.9 Å². The van der Waals surface area contributed by atoms with E-state index in [1.54, 1.807) is 12.1 Å². The van der Waals surface area contributed by atoms with Crippen molar-refractivity contribution in [3.8, 4) is 0 Å². The van der Waals surface area contributed by atoms with E-state index in [2.05, 4.69) is 9.71 Å². The molecular formula is C14H18N2O2S. The second-order valence-corrected chi connectivity index (χ2v) is 6.95. The van der Waals surface area contributed by atoms with Crippen LogP contribution in [0.1, 0.15) is 37.7 Å². The first-order chi connectivity index (χ1) is 9.17. The first kappa shape index (κ1) is 12.7. The van der Waals surface area contributed by atoms with Gasteiger partial charge in [0.25, 0.3) is 10.0 Å². The van der Waals surface area contributed by atoms with Crippen LogP contribution in [0, 0.1) is 5.92 Å². The molecule has 19 heavy (non-hydrogen) atoms. The fourth-order valence-electron chi connectivity index (χ4n) is 2.84. The van der Waals surface area contributed by atoms with Gasteiger partial charge in [-0.3, -0.25) is 9.71 Å². The van der Waals surface area contributed by atoms with Gasteiger partial charge in [0.1, 0.15) is 5.84 Å². The lowest BCUT2D eigenvalue weighted by Gasteiger charge is -2.19. The molecule has 1 aliphatic carbocycles. The van der Waals surface area contributed by atoms with Crippen LogP contribution < -0.4 is 4.72 Å². The maximum Gasteiger partial charge on any atom is 0.263 e. The number of hydrogen-bond acceptors (Lipinski definition) is 3. The van der Waals surface area contributed by atoms with Crippen LogP contribution in [-0.4, -0.2) is 20.8 Å². The fraction of sp³-hybridized carbons (Fsp3) is 0.500. The Morgan fingerprint density at radius 3 is 2.68 bits per heavy atom. The zero-order valence-corrected chi connectivity index (χ0v) is 11.6. The molecule has 0 saturated heterocycles. The van der Waals surface area contributed by atoms with E-state index in [0.29, 0.717) is 22.2 Å². The van der Waals surface area contributed by atoms with Crippen LogP contribution in [0.4, 0.5) is 0 Å². The number of benzene rings is 1. The van der Waals surface area contributed by atoms with Crippen LogP contribution in [0.3, 0.4) is 0 Å². The van der Waals surface area contributed by atoms with Gasteiger partial charge in [-0.2, -0.15) is 0 Å². The van der Waals surface area contributed by atoms with Crippen molar-refractivity contribution in [2.24, 2.45) is 10.9 Å². The predicted molar refractivity (Wildman–Crippen MR) is 74.7 cm³/mol. The summed E-state index contributed by atoms with van der Waals surface area (Å²) in [4.78, 5) is 4.86. The van der Waals surface area contributed by atoms with Gasteiger partial charge in [-0.1, -0.05) is 31.4 Å². The van der Waals surface area contributed by atoms with Crippen molar-refractivity contribution in [2.45, 2.75) is 37.0 Å². The van der Waals surface area contributed by atoms with E-state index >= 15 is 0 Å². The third kappa shape index (κ3) is 2.52. The van der Waals surface area contributed by atoms with Crippen LogP contribution in [0.5, 0.6) is 0 Å². The Morgan fingerprint density at radius 1 is 1.16 bits per heavy atom. The van der Waals surface area contributed by atoms with Crippen LogP contribution in [0.2, 0.25) is 0 Å². The molecule has 0 radical (unpaired) electrons. The summed E-state index contributed by atoms with van der Waals surface area (Å²) in [6.07, 6.45) is 6.30. The standard InChI is InChI=1S/C14H18N2O2S/c17-19(18)13-9-5-4-8-12(13)14(16-19)15-10-11-6-2-1-3-7-11/h4-5,8-9,11H,1-3,6-7,10H2,(H,15,16). The summed E-state index contributed by atoms with van der Waals surface area (Å²) in [7, 11) is -3.39. The highest BCUT2D eigenvalue weighted by atomic mass is 32.2. The lowest BCUT2D eigenvalue weighted by atomic mass is 9.89. The lowest BCUT2D eigenvalue weighted by molar-refractivity contribution is 0.367. The second-order valence-electron chi connectivity index (χ2n) is 5.29. The average Bonchev–Trinajstić information content (AvgIpc) is 2.70. The molecule has 102 valence electrons. The molecule has 1 aliphatic heterocycles. The molecule has 4 nitrogen and oxygen atoms in total. The molecule has 0 aromatic heterocycles. The smallest absolute Gasteiger partial charge is 0.263 e. The third-order valence-electron chi connectivity index (χ3n) is 3.90. The van der Waals surface area contributed by atoms with Gasteiger partial charge in [0.15, 0.2) is 0 Å². The average molecular weight is 278 g/mol. The largest absolute Gasteiger partial charge is 0.267 e. The van der Waals surface area contributed by atoms with Gasteiger partial charge < -0.3 is 0 Å². The fourth-order valence-corrected chi connectivity index (χ4v) is 4.09. The highest BCUT2D eigenvalue weighted by Gasteiger charge is 2.30. The summed E-state index contributed by atoms with van der Waals surface area (Å²) >= 11 is 0. The molecular weight excluding hydrogens is 260 g/mol. The molecule has 3 rings (SSSR count). The van der Waals surface area contributed by atoms with Gasteiger partial charge in [-0.15, -0.1) is 0 Å². The Hall–Kier alpha value is -1.36. The molecule has 0 atom stereocenters. The predicted octanol–water partition coefficient (Wildman–Crippen LogP) is 2.31. The van der Waals surface area contributed by atoms with E-state index in [4.69, 9.17) is 0 Å². The monoisotopic (exact) mass is 278 g/mol. The summed E-state index contributed by atoms with van der Waals surface area (Å²) < 4.78 is 26.4. The number of sulfonamides is 1. The number of fused-ring (bicyclic) bond motifs is 1. The highest BCUT2D eigenvalue weighted by molar-refractivity contribution is 7.90. The molecule has 1 aromatic rings. The quantitative estimate of drug-likeness (QED) is 0.902. The molecule has 0 spiro atoms. The zero-order chi connectivity index (χ0) is 13.3. The lowest BCUT2D eigenvalue weighted by Crippen LogP contribution is -2.23. The summed E-state index contributed by atoms with van der Waals surface area (Å²) in [6.45, 7) is 0.728. The number of rotatable bonds is 2. The van der Waals surface area contributed by atoms with E-state index < -0.39 is 10.0 Å². The Bertz CT molecular complexity index is 602. The first-order valence-corrected chi connectivity index (χ1v) is 8.32. The van der Waals surface area contributed by atoms with Gasteiger partial charge in [0.2, 0.25) is 0 Å². The number of hydrogen-bond donors (Lipinski definition) is 1. The number of aliphatic imine (C=N–C) groups is 1. The molecule has 5 heteroatoms. The van der Waals surface area contributed by atoms with Gasteiger partial charge in [0.05, 0.1) is 4.90 Å². The minimum absolute atomic E-state index is 0.345. The Labute approximate surface area is 114 Å². The van der Waals surface area contributed by atoms with Crippen molar-refractivity contribution in [2.75, 3.05) is 6.54 Å². The van der Waals surface area contributed by atoms with Crippen molar-refractivity contribution in [1.29, 1.82) is 0 Å². The van der Waals surface area contributed by atoms with Gasteiger partial charge >= 0.3 is 0 Å². The Balaban J connectivity index is 1.83. The Kier molecular flexibility index (Phi) is 3.31. The zero-order valence-electron chi connectivity index (χ0n) is 10.8. The van der Waals surface area contributed by atoms with Gasteiger partial charge in [-0.25, -0.2) is 8.42 Å². The number of nitrogens with one attached hydrogen (secondary N) is 1. The van der Waals surface area contributed by atoms with Crippen molar-refractivity contribution in [3.05, 3.63) is 29.8 Å². The van der Waals surface area contributed by atoms with Crippen LogP contribution in [0.25, 0.3) is 0 Å². The third-order valence-corrected chi connectivity index (χ3v) is 5.29. The minimum atomic E-state index is -3.39. The summed E-state index contributed by atoms with van der Waals surface area (Å²) in [6, 6.07) is 7.02. The first-order valence-electron chi connectivity index (χ1n) is 6.83. The van der Waals surface area contributed by atoms with Gasteiger partial charge in [-0.05, 0) is 30.9 Å². The number of amidine groups is 1. The maximum absolute atomic E-state index is 11.9. The van der Waals surface area contributed by atoms with E-state index in [-0.39, 0.29) is 0 Å². The molecule has 1 aromatic carbocycles. The van der Waals surface area contributed by atoms with Crippen LogP contribution in [0.15, 0.2) is 34.2 Å². The van der Waals surface area contributed by atoms with E-state index in [1.807, 2.05) is 12.1 Å². The van der Waals surface area contributed by atoms with Crippen molar-refractivity contribution < 1.29 is 8.42 Å². The second kappa shape index (κ2) is 4.96. The highest BCUT2D eigenvalue weighted by Crippen LogP contribution is 2.25. The molecule has 0 bridgehead atoms. The van der Waals surface area contributed by atoms with Crippen LogP contribution in [-0.2, 0) is 10.0 Å². The molecule has 1 heterocycles.